The summed E-state index contributed by atoms with van der Waals surface area (Å²) in [5.74, 6) is 0.163. The van der Waals surface area contributed by atoms with Gasteiger partial charge >= 0.3 is 0 Å². The summed E-state index contributed by atoms with van der Waals surface area (Å²) in [4.78, 5) is 31.8. The predicted molar refractivity (Wildman–Crippen MR) is 118 cm³/mol. The molecule has 0 spiro atoms. The van der Waals surface area contributed by atoms with Crippen molar-refractivity contribution in [2.45, 2.75) is 24.7 Å². The van der Waals surface area contributed by atoms with E-state index in [1.54, 1.807) is 24.3 Å². The maximum atomic E-state index is 12.6. The van der Waals surface area contributed by atoms with E-state index in [4.69, 9.17) is 0 Å². The van der Waals surface area contributed by atoms with Crippen LogP contribution in [0.5, 0.6) is 0 Å². The highest BCUT2D eigenvalue weighted by molar-refractivity contribution is 7.85. The van der Waals surface area contributed by atoms with Gasteiger partial charge in [0.25, 0.3) is 11.8 Å². The van der Waals surface area contributed by atoms with Gasteiger partial charge in [-0.2, -0.15) is 0 Å². The summed E-state index contributed by atoms with van der Waals surface area (Å²) in [5, 5.41) is 0. The molecule has 2 amide bonds. The molecule has 0 aromatic heterocycles. The van der Waals surface area contributed by atoms with Gasteiger partial charge < -0.3 is 9.80 Å². The second-order valence-corrected chi connectivity index (χ2v) is 9.26. The number of hydrogen-bond acceptors (Lipinski definition) is 5. The Kier molecular flexibility index (Phi) is 6.01. The first-order chi connectivity index (χ1) is 14.5. The molecule has 2 aliphatic heterocycles. The van der Waals surface area contributed by atoms with E-state index in [2.05, 4.69) is 30.0 Å². The first-order valence-electron chi connectivity index (χ1n) is 10.4. The molecule has 6 nitrogen and oxygen atoms in total. The van der Waals surface area contributed by atoms with E-state index in [1.165, 1.54) is 10.5 Å². The van der Waals surface area contributed by atoms with Crippen LogP contribution >= 0.6 is 0 Å². The number of rotatable bonds is 8. The molecule has 2 aromatic carbocycles. The number of carbonyl (C=O) groups excluding carboxylic acids is 2. The number of hydrogen-bond donors (Lipinski definition) is 0. The van der Waals surface area contributed by atoms with Crippen molar-refractivity contribution in [1.29, 1.82) is 0 Å². The molecule has 2 aliphatic rings. The minimum absolute atomic E-state index is 0.197. The molecule has 158 valence electrons. The molecule has 0 bridgehead atoms. The number of anilines is 1. The summed E-state index contributed by atoms with van der Waals surface area (Å²) >= 11 is 0. The highest BCUT2D eigenvalue weighted by Gasteiger charge is 2.34. The van der Waals surface area contributed by atoms with Crippen LogP contribution in [-0.2, 0) is 17.2 Å². The first kappa shape index (κ1) is 20.8. The van der Waals surface area contributed by atoms with E-state index in [0.29, 0.717) is 30.1 Å². The predicted octanol–water partition coefficient (Wildman–Crippen LogP) is 2.75. The van der Waals surface area contributed by atoms with Crippen LogP contribution in [0.4, 0.5) is 5.69 Å². The van der Waals surface area contributed by atoms with Crippen molar-refractivity contribution in [2.75, 3.05) is 44.0 Å². The Balaban J connectivity index is 1.37. The van der Waals surface area contributed by atoms with Crippen molar-refractivity contribution in [3.63, 3.8) is 0 Å². The molecule has 0 saturated heterocycles. The number of imide groups is 1. The van der Waals surface area contributed by atoms with Gasteiger partial charge in [-0.25, -0.2) is 0 Å². The van der Waals surface area contributed by atoms with Gasteiger partial charge in [0.1, 0.15) is 0 Å². The Hall–Kier alpha value is -2.51. The lowest BCUT2D eigenvalue weighted by molar-refractivity contribution is 0.0636. The molecule has 7 heteroatoms. The molecule has 2 aromatic rings. The van der Waals surface area contributed by atoms with E-state index in [-0.39, 0.29) is 11.8 Å². The Morgan fingerprint density at radius 3 is 2.37 bits per heavy atom. The average Bonchev–Trinajstić information content (AvgIpc) is 3.17. The number of carbonyl (C=O) groups is 2. The zero-order valence-electron chi connectivity index (χ0n) is 17.5. The number of benzene rings is 2. The van der Waals surface area contributed by atoms with Gasteiger partial charge in [-0.05, 0) is 49.2 Å². The van der Waals surface area contributed by atoms with Crippen molar-refractivity contribution in [1.82, 2.24) is 9.80 Å². The highest BCUT2D eigenvalue weighted by atomic mass is 32.2. The van der Waals surface area contributed by atoms with Crippen molar-refractivity contribution in [3.05, 3.63) is 59.2 Å². The highest BCUT2D eigenvalue weighted by Crippen LogP contribution is 2.31. The van der Waals surface area contributed by atoms with E-state index in [0.717, 1.165) is 36.5 Å². The van der Waals surface area contributed by atoms with Crippen LogP contribution in [0, 0.1) is 0 Å². The van der Waals surface area contributed by atoms with Crippen LogP contribution in [0.3, 0.4) is 0 Å². The van der Waals surface area contributed by atoms with Crippen LogP contribution < -0.4 is 4.90 Å². The second-order valence-electron chi connectivity index (χ2n) is 7.87. The average molecular weight is 426 g/mol. The topological polar surface area (TPSA) is 60.9 Å². The summed E-state index contributed by atoms with van der Waals surface area (Å²) in [6.45, 7) is 4.91. The molecule has 0 fully saturated rings. The summed E-state index contributed by atoms with van der Waals surface area (Å²) < 4.78 is 12.3. The molecule has 0 N–H and O–H groups in total. The molecule has 0 aliphatic carbocycles. The monoisotopic (exact) mass is 425 g/mol. The van der Waals surface area contributed by atoms with Gasteiger partial charge in [-0.3, -0.25) is 18.7 Å². The quantitative estimate of drug-likeness (QED) is 0.609. The SMILES string of the molecule is CCCN(CCc1ccc2c(c1)S(=O)CN2C)CCN1C(=O)c2ccccc2C1=O. The molecule has 4 rings (SSSR count). The molecular weight excluding hydrogens is 398 g/mol. The lowest BCUT2D eigenvalue weighted by Gasteiger charge is -2.24. The maximum Gasteiger partial charge on any atom is 0.261 e. The van der Waals surface area contributed by atoms with Gasteiger partial charge in [0, 0.05) is 26.7 Å². The summed E-state index contributed by atoms with van der Waals surface area (Å²) in [5.41, 5.74) is 3.22. The Labute approximate surface area is 179 Å². The fraction of sp³-hybridized carbons (Fsp3) is 0.391. The number of nitrogens with zero attached hydrogens (tertiary/aromatic N) is 3. The van der Waals surface area contributed by atoms with Crippen molar-refractivity contribution < 1.29 is 13.8 Å². The summed E-state index contributed by atoms with van der Waals surface area (Å²) in [6, 6.07) is 13.2. The second kappa shape index (κ2) is 8.70. The molecular formula is C23H27N3O3S. The van der Waals surface area contributed by atoms with Crippen molar-refractivity contribution >= 4 is 28.3 Å². The van der Waals surface area contributed by atoms with E-state index < -0.39 is 10.8 Å². The standard InChI is InChI=1S/C23H27N3O3S/c1-3-11-25(12-10-17-8-9-20-21(15-17)30(29)16-24(20)2)13-14-26-22(27)18-6-4-5-7-19(18)23(26)28/h4-9,15H,3,10-14,16H2,1-2H3. The molecule has 30 heavy (non-hydrogen) atoms. The van der Waals surface area contributed by atoms with Crippen molar-refractivity contribution in [3.8, 4) is 0 Å². The van der Waals surface area contributed by atoms with Gasteiger partial charge in [0.2, 0.25) is 0 Å². The molecule has 1 atom stereocenters. The molecule has 2 heterocycles. The maximum absolute atomic E-state index is 12.6. The fourth-order valence-corrected chi connectivity index (χ4v) is 5.52. The Morgan fingerprint density at radius 1 is 1.00 bits per heavy atom. The summed E-state index contributed by atoms with van der Waals surface area (Å²) in [6.07, 6.45) is 1.84. The van der Waals surface area contributed by atoms with Gasteiger partial charge in [-0.1, -0.05) is 25.1 Å². The number of fused-ring (bicyclic) bond motifs is 2. The lowest BCUT2D eigenvalue weighted by Crippen LogP contribution is -2.39. The fourth-order valence-electron chi connectivity index (χ4n) is 4.15. The van der Waals surface area contributed by atoms with E-state index in [9.17, 15) is 13.8 Å². The van der Waals surface area contributed by atoms with E-state index >= 15 is 0 Å². The molecule has 1 unspecified atom stereocenters. The minimum atomic E-state index is -0.958. The zero-order valence-corrected chi connectivity index (χ0v) is 18.3. The smallest absolute Gasteiger partial charge is 0.261 e. The van der Waals surface area contributed by atoms with Crippen LogP contribution in [0.15, 0.2) is 47.4 Å². The van der Waals surface area contributed by atoms with Gasteiger partial charge in [-0.15, -0.1) is 0 Å². The third kappa shape index (κ3) is 3.91. The lowest BCUT2D eigenvalue weighted by atomic mass is 10.1. The van der Waals surface area contributed by atoms with Gasteiger partial charge in [0.15, 0.2) is 0 Å². The minimum Gasteiger partial charge on any atom is -0.361 e. The first-order valence-corrected chi connectivity index (χ1v) is 11.7. The molecule has 0 saturated carbocycles. The normalized spacial score (nSPS) is 17.8. The Morgan fingerprint density at radius 2 is 1.70 bits per heavy atom. The third-order valence-corrected chi connectivity index (χ3v) is 7.21. The molecule has 0 radical (unpaired) electrons. The third-order valence-electron chi connectivity index (χ3n) is 5.77. The van der Waals surface area contributed by atoms with Crippen LogP contribution in [0.2, 0.25) is 0 Å². The summed E-state index contributed by atoms with van der Waals surface area (Å²) in [7, 11) is 1.01. The van der Waals surface area contributed by atoms with Crippen molar-refractivity contribution in [2.24, 2.45) is 0 Å². The van der Waals surface area contributed by atoms with Crippen LogP contribution in [0.25, 0.3) is 0 Å². The van der Waals surface area contributed by atoms with Gasteiger partial charge in [0.05, 0.1) is 38.4 Å². The largest absolute Gasteiger partial charge is 0.361 e. The Bertz CT molecular complexity index is 972. The van der Waals surface area contributed by atoms with E-state index in [1.807, 2.05) is 11.9 Å². The number of amides is 2. The van der Waals surface area contributed by atoms with Crippen LogP contribution in [-0.4, -0.2) is 64.9 Å². The zero-order chi connectivity index (χ0) is 21.3. The van der Waals surface area contributed by atoms with Crippen LogP contribution in [0.1, 0.15) is 39.6 Å².